The van der Waals surface area contributed by atoms with Crippen LogP contribution in [0.5, 0.6) is 0 Å². The second kappa shape index (κ2) is 9.49. The molecule has 31 heavy (non-hydrogen) atoms. The molecule has 0 saturated heterocycles. The summed E-state index contributed by atoms with van der Waals surface area (Å²) in [4.78, 5) is 37.5. The van der Waals surface area contributed by atoms with Crippen molar-refractivity contribution < 1.29 is 19.4 Å². The molecule has 1 amide bonds. The fourth-order valence-corrected chi connectivity index (χ4v) is 3.65. The topological polar surface area (TPSA) is 125 Å². The van der Waals surface area contributed by atoms with Crippen LogP contribution in [0.4, 0.5) is 16.2 Å². The quantitative estimate of drug-likeness (QED) is 0.722. The van der Waals surface area contributed by atoms with Crippen LogP contribution in [0.15, 0.2) is 29.1 Å². The van der Waals surface area contributed by atoms with Crippen LogP contribution in [0, 0.1) is 11.3 Å². The van der Waals surface area contributed by atoms with Crippen LogP contribution in [0.3, 0.4) is 0 Å². The van der Waals surface area contributed by atoms with E-state index in [9.17, 15) is 19.5 Å². The molecule has 164 valence electrons. The number of aromatic nitrogens is 1. The maximum Gasteiger partial charge on any atom is 0.414 e. The van der Waals surface area contributed by atoms with Crippen molar-refractivity contribution in [3.8, 4) is 6.07 Å². The molecule has 1 heterocycles. The lowest BCUT2D eigenvalue weighted by Gasteiger charge is -2.24. The molecule has 1 aromatic heterocycles. The number of rotatable bonds is 5. The Morgan fingerprint density at radius 3 is 2.61 bits per heavy atom. The summed E-state index contributed by atoms with van der Waals surface area (Å²) in [5.74, 6) is -1.39. The van der Waals surface area contributed by atoms with Crippen molar-refractivity contribution in [1.82, 2.24) is 4.57 Å². The first-order valence-electron chi connectivity index (χ1n) is 9.39. The summed E-state index contributed by atoms with van der Waals surface area (Å²) in [6, 6.07) is 8.57. The monoisotopic (exact) mass is 444 g/mol. The predicted molar refractivity (Wildman–Crippen MR) is 119 cm³/mol. The highest BCUT2D eigenvalue weighted by Crippen LogP contribution is 2.20. The zero-order valence-corrected chi connectivity index (χ0v) is 18.7. The number of nitrogens with one attached hydrogen (secondary N) is 1. The lowest BCUT2D eigenvalue weighted by Crippen LogP contribution is -2.34. The molecular formula is C21H24N4O5S. The zero-order valence-electron chi connectivity index (χ0n) is 17.9. The summed E-state index contributed by atoms with van der Waals surface area (Å²) in [5, 5.41) is 21.3. The number of carbonyl (C=O) groups excluding carboxylic acids is 1. The molecule has 1 aromatic carbocycles. The van der Waals surface area contributed by atoms with Crippen molar-refractivity contribution in [2.75, 3.05) is 17.3 Å². The first kappa shape index (κ1) is 23.7. The molecule has 2 N–H and O–H groups in total. The third-order valence-corrected chi connectivity index (χ3v) is 5.16. The van der Waals surface area contributed by atoms with E-state index in [1.165, 1.54) is 15.7 Å². The summed E-state index contributed by atoms with van der Waals surface area (Å²) < 4.78 is 6.95. The van der Waals surface area contributed by atoms with Crippen molar-refractivity contribution >= 4 is 46.5 Å². The van der Waals surface area contributed by atoms with Gasteiger partial charge in [-0.05, 0) is 45.9 Å². The van der Waals surface area contributed by atoms with Gasteiger partial charge in [-0.25, -0.2) is 9.59 Å². The second-order valence-corrected chi connectivity index (χ2v) is 8.52. The van der Waals surface area contributed by atoms with E-state index < -0.39 is 28.8 Å². The highest BCUT2D eigenvalue weighted by atomic mass is 32.1. The Labute approximate surface area is 183 Å². The molecule has 0 bridgehead atoms. The maximum absolute atomic E-state index is 12.6. The summed E-state index contributed by atoms with van der Waals surface area (Å²) >= 11 is 0.920. The van der Waals surface area contributed by atoms with Crippen molar-refractivity contribution in [3.05, 3.63) is 43.8 Å². The molecule has 0 saturated carbocycles. The number of carbonyl (C=O) groups is 2. The lowest BCUT2D eigenvalue weighted by molar-refractivity contribution is -0.130. The van der Waals surface area contributed by atoms with Crippen LogP contribution in [-0.2, 0) is 16.1 Å². The third kappa shape index (κ3) is 5.73. The number of thiazole rings is 1. The largest absolute Gasteiger partial charge is 0.477 e. The van der Waals surface area contributed by atoms with Gasteiger partial charge in [0.25, 0.3) is 5.56 Å². The normalized spacial score (nSPS) is 12.7. The molecule has 0 atom stereocenters. The van der Waals surface area contributed by atoms with Gasteiger partial charge in [0.2, 0.25) is 0 Å². The van der Waals surface area contributed by atoms with Crippen molar-refractivity contribution in [2.24, 2.45) is 0 Å². The molecule has 2 aromatic rings. The average Bonchev–Trinajstić information content (AvgIpc) is 3.00. The van der Waals surface area contributed by atoms with Gasteiger partial charge in [0.1, 0.15) is 20.9 Å². The fourth-order valence-electron chi connectivity index (χ4n) is 2.57. The number of hydrogen-bond acceptors (Lipinski definition) is 7. The van der Waals surface area contributed by atoms with Gasteiger partial charge in [-0.15, -0.1) is 11.3 Å². The van der Waals surface area contributed by atoms with E-state index in [0.29, 0.717) is 11.4 Å². The molecule has 0 unspecified atom stereocenters. The van der Waals surface area contributed by atoms with Gasteiger partial charge in [-0.2, -0.15) is 5.26 Å². The van der Waals surface area contributed by atoms with Gasteiger partial charge in [0, 0.05) is 31.2 Å². The van der Waals surface area contributed by atoms with E-state index >= 15 is 0 Å². The average molecular weight is 445 g/mol. The minimum atomic E-state index is -1.39. The predicted octanol–water partition coefficient (Wildman–Crippen LogP) is 1.91. The molecule has 0 aliphatic heterocycles. The smallest absolute Gasteiger partial charge is 0.414 e. The number of carboxylic acid groups (broad SMARTS) is 1. The highest BCUT2D eigenvalue weighted by molar-refractivity contribution is 7.07. The number of benzene rings is 1. The zero-order chi connectivity index (χ0) is 23.3. The SMILES string of the molecule is CCn1c(=C(C#N)C(=O)O)sc(=CNc2cccc(N(C)C(=O)OC(C)(C)C)c2)c1=O. The van der Waals surface area contributed by atoms with Crippen LogP contribution in [0.1, 0.15) is 27.7 Å². The molecule has 10 heteroatoms. The summed E-state index contributed by atoms with van der Waals surface area (Å²) in [7, 11) is 1.59. The highest BCUT2D eigenvalue weighted by Gasteiger charge is 2.20. The lowest BCUT2D eigenvalue weighted by atomic mass is 10.2. The number of nitrogens with zero attached hydrogens (tertiary/aromatic N) is 3. The van der Waals surface area contributed by atoms with E-state index in [2.05, 4.69) is 5.32 Å². The van der Waals surface area contributed by atoms with Crippen molar-refractivity contribution in [2.45, 2.75) is 39.8 Å². The van der Waals surface area contributed by atoms with E-state index in [1.54, 1.807) is 65.1 Å². The Morgan fingerprint density at radius 2 is 2.06 bits per heavy atom. The fraction of sp³-hybridized carbons (Fsp3) is 0.333. The summed E-state index contributed by atoms with van der Waals surface area (Å²) in [6.45, 7) is 7.27. The third-order valence-electron chi connectivity index (χ3n) is 4.03. The van der Waals surface area contributed by atoms with E-state index in [4.69, 9.17) is 10.00 Å². The number of amides is 1. The molecule has 9 nitrogen and oxygen atoms in total. The molecule has 0 spiro atoms. The van der Waals surface area contributed by atoms with Crippen LogP contribution in [0.2, 0.25) is 0 Å². The van der Waals surface area contributed by atoms with Gasteiger partial charge in [-0.3, -0.25) is 14.3 Å². The minimum absolute atomic E-state index is 0.0916. The molecule has 0 radical (unpaired) electrons. The van der Waals surface area contributed by atoms with E-state index in [-0.39, 0.29) is 15.7 Å². The van der Waals surface area contributed by atoms with Crippen LogP contribution < -0.4 is 25.0 Å². The van der Waals surface area contributed by atoms with E-state index in [0.717, 1.165) is 11.3 Å². The van der Waals surface area contributed by atoms with Gasteiger partial charge in [0.05, 0.1) is 0 Å². The maximum atomic E-state index is 12.6. The standard InChI is InChI=1S/C21H24N4O5S/c1-6-25-17(26)16(31-18(25)15(11-22)19(27)28)12-23-13-8-7-9-14(10-13)24(5)20(29)30-21(2,3)4/h7-10,12,23H,6H2,1-5H3,(H,27,28). The van der Waals surface area contributed by atoms with Crippen LogP contribution in [-0.4, -0.2) is 34.4 Å². The van der Waals surface area contributed by atoms with E-state index in [1.807, 2.05) is 0 Å². The Bertz CT molecular complexity index is 1210. The minimum Gasteiger partial charge on any atom is -0.477 e. The molecule has 0 fully saturated rings. The van der Waals surface area contributed by atoms with Crippen LogP contribution in [0.25, 0.3) is 11.8 Å². The number of carboxylic acids is 1. The van der Waals surface area contributed by atoms with Gasteiger partial charge in [-0.1, -0.05) is 6.07 Å². The number of hydrogen-bond donors (Lipinski definition) is 2. The number of anilines is 2. The molecule has 0 aliphatic carbocycles. The number of ether oxygens (including phenoxy) is 1. The second-order valence-electron chi connectivity index (χ2n) is 7.49. The first-order chi connectivity index (χ1) is 14.5. The molecular weight excluding hydrogens is 420 g/mol. The Morgan fingerprint density at radius 1 is 1.39 bits per heavy atom. The molecule has 2 rings (SSSR count). The van der Waals surface area contributed by atoms with Gasteiger partial charge >= 0.3 is 12.1 Å². The van der Waals surface area contributed by atoms with Crippen molar-refractivity contribution in [3.63, 3.8) is 0 Å². The summed E-state index contributed by atoms with van der Waals surface area (Å²) in [6.07, 6.45) is 0.946. The Kier molecular flexibility index (Phi) is 7.25. The Balaban J connectivity index is 2.40. The van der Waals surface area contributed by atoms with Gasteiger partial charge < -0.3 is 15.2 Å². The van der Waals surface area contributed by atoms with Crippen LogP contribution >= 0.6 is 11.3 Å². The van der Waals surface area contributed by atoms with Gasteiger partial charge in [0.15, 0.2) is 5.57 Å². The first-order valence-corrected chi connectivity index (χ1v) is 10.2. The number of aliphatic carboxylic acids is 1. The molecule has 0 aliphatic rings. The summed E-state index contributed by atoms with van der Waals surface area (Å²) in [5.41, 5.74) is -0.319. The Hall–Kier alpha value is -3.58. The van der Waals surface area contributed by atoms with Crippen molar-refractivity contribution in [1.29, 1.82) is 5.26 Å². The number of nitriles is 1.